The van der Waals surface area contributed by atoms with Gasteiger partial charge in [-0.3, -0.25) is 4.98 Å². The van der Waals surface area contributed by atoms with E-state index in [0.29, 0.717) is 6.61 Å². The SMILES string of the molecule is COc1ccnc(C2(CON)CC2)c1. The predicted molar refractivity (Wildman–Crippen MR) is 51.8 cm³/mol. The van der Waals surface area contributed by atoms with Gasteiger partial charge in [0, 0.05) is 17.7 Å². The number of ether oxygens (including phenoxy) is 1. The van der Waals surface area contributed by atoms with Gasteiger partial charge in [0.15, 0.2) is 0 Å². The molecule has 1 aliphatic carbocycles. The fourth-order valence-electron chi connectivity index (χ4n) is 1.61. The Kier molecular flexibility index (Phi) is 2.39. The number of hydrogen-bond donors (Lipinski definition) is 1. The number of aromatic nitrogens is 1. The molecule has 0 aliphatic heterocycles. The van der Waals surface area contributed by atoms with Gasteiger partial charge < -0.3 is 9.57 Å². The summed E-state index contributed by atoms with van der Waals surface area (Å²) in [6.07, 6.45) is 3.93. The molecule has 0 bridgehead atoms. The molecule has 2 N–H and O–H groups in total. The largest absolute Gasteiger partial charge is 0.497 e. The molecule has 1 aromatic rings. The molecule has 76 valence electrons. The van der Waals surface area contributed by atoms with E-state index in [4.69, 9.17) is 15.5 Å². The third-order valence-corrected chi connectivity index (χ3v) is 2.72. The van der Waals surface area contributed by atoms with E-state index in [1.165, 1.54) is 0 Å². The van der Waals surface area contributed by atoms with Crippen LogP contribution >= 0.6 is 0 Å². The minimum atomic E-state index is 0.0449. The molecule has 4 nitrogen and oxygen atoms in total. The zero-order chi connectivity index (χ0) is 10.0. The molecule has 0 atom stereocenters. The maximum absolute atomic E-state index is 5.14. The van der Waals surface area contributed by atoms with Crippen LogP contribution in [0.2, 0.25) is 0 Å². The number of rotatable bonds is 4. The summed E-state index contributed by atoms with van der Waals surface area (Å²) < 4.78 is 5.14. The zero-order valence-corrected chi connectivity index (χ0v) is 8.19. The second-order valence-corrected chi connectivity index (χ2v) is 3.67. The van der Waals surface area contributed by atoms with E-state index in [1.54, 1.807) is 13.3 Å². The van der Waals surface area contributed by atoms with Gasteiger partial charge in [-0.2, -0.15) is 0 Å². The summed E-state index contributed by atoms with van der Waals surface area (Å²) in [5.41, 5.74) is 1.06. The Morgan fingerprint density at radius 2 is 2.36 bits per heavy atom. The summed E-state index contributed by atoms with van der Waals surface area (Å²) >= 11 is 0. The van der Waals surface area contributed by atoms with Crippen molar-refractivity contribution in [1.29, 1.82) is 0 Å². The van der Waals surface area contributed by atoms with Gasteiger partial charge in [-0.15, -0.1) is 0 Å². The summed E-state index contributed by atoms with van der Waals surface area (Å²) in [5, 5.41) is 0. The van der Waals surface area contributed by atoms with Crippen molar-refractivity contribution in [1.82, 2.24) is 4.98 Å². The van der Waals surface area contributed by atoms with E-state index in [1.807, 2.05) is 12.1 Å². The van der Waals surface area contributed by atoms with Gasteiger partial charge in [0.05, 0.1) is 19.4 Å². The van der Waals surface area contributed by atoms with Crippen molar-refractivity contribution in [2.24, 2.45) is 5.90 Å². The Morgan fingerprint density at radius 1 is 1.57 bits per heavy atom. The second kappa shape index (κ2) is 3.55. The van der Waals surface area contributed by atoms with Crippen molar-refractivity contribution in [2.45, 2.75) is 18.3 Å². The van der Waals surface area contributed by atoms with Gasteiger partial charge in [-0.25, -0.2) is 5.90 Å². The number of hydrogen-bond acceptors (Lipinski definition) is 4. The van der Waals surface area contributed by atoms with Gasteiger partial charge in [0.1, 0.15) is 5.75 Å². The van der Waals surface area contributed by atoms with Crippen molar-refractivity contribution >= 4 is 0 Å². The Morgan fingerprint density at radius 3 is 2.93 bits per heavy atom. The van der Waals surface area contributed by atoms with Crippen LogP contribution in [0.15, 0.2) is 18.3 Å². The molecular weight excluding hydrogens is 180 g/mol. The molecule has 2 rings (SSSR count). The highest BCUT2D eigenvalue weighted by Crippen LogP contribution is 2.47. The van der Waals surface area contributed by atoms with E-state index < -0.39 is 0 Å². The van der Waals surface area contributed by atoms with E-state index in [2.05, 4.69) is 4.98 Å². The molecule has 1 fully saturated rings. The number of nitrogens with two attached hydrogens (primary N) is 1. The molecule has 0 radical (unpaired) electrons. The van der Waals surface area contributed by atoms with Crippen LogP contribution in [0.4, 0.5) is 0 Å². The number of pyridine rings is 1. The van der Waals surface area contributed by atoms with E-state index in [9.17, 15) is 0 Å². The standard InChI is InChI=1S/C10H14N2O2/c1-13-8-2-5-12-9(6-8)10(3-4-10)7-14-11/h2,5-6H,3-4,7,11H2,1H3. The first-order valence-electron chi connectivity index (χ1n) is 4.63. The fraction of sp³-hybridized carbons (Fsp3) is 0.500. The summed E-state index contributed by atoms with van der Waals surface area (Å²) in [7, 11) is 1.65. The minimum absolute atomic E-state index is 0.0449. The lowest BCUT2D eigenvalue weighted by Gasteiger charge is -2.13. The van der Waals surface area contributed by atoms with Gasteiger partial charge in [0.2, 0.25) is 0 Å². The molecule has 0 spiro atoms. The monoisotopic (exact) mass is 194 g/mol. The molecule has 14 heavy (non-hydrogen) atoms. The van der Waals surface area contributed by atoms with Gasteiger partial charge in [-0.05, 0) is 18.9 Å². The highest BCUT2D eigenvalue weighted by molar-refractivity contribution is 5.31. The molecule has 0 aromatic carbocycles. The van der Waals surface area contributed by atoms with Crippen LogP contribution in [0, 0.1) is 0 Å². The average molecular weight is 194 g/mol. The first-order chi connectivity index (χ1) is 6.80. The molecule has 0 saturated heterocycles. The molecule has 1 heterocycles. The van der Waals surface area contributed by atoms with Crippen LogP contribution in [0.5, 0.6) is 5.75 Å². The second-order valence-electron chi connectivity index (χ2n) is 3.67. The zero-order valence-electron chi connectivity index (χ0n) is 8.19. The summed E-state index contributed by atoms with van der Waals surface area (Å²) in [6, 6.07) is 3.79. The summed E-state index contributed by atoms with van der Waals surface area (Å²) in [4.78, 5) is 9.04. The Hall–Kier alpha value is -1.13. The fourth-order valence-corrected chi connectivity index (χ4v) is 1.61. The third-order valence-electron chi connectivity index (χ3n) is 2.72. The lowest BCUT2D eigenvalue weighted by atomic mass is 10.0. The summed E-state index contributed by atoms with van der Waals surface area (Å²) in [6.45, 7) is 0.535. The van der Waals surface area contributed by atoms with Crippen LogP contribution in [0.1, 0.15) is 18.5 Å². The van der Waals surface area contributed by atoms with Crippen LogP contribution in [-0.2, 0) is 10.3 Å². The molecule has 1 saturated carbocycles. The van der Waals surface area contributed by atoms with Gasteiger partial charge >= 0.3 is 0 Å². The maximum atomic E-state index is 5.14. The van der Waals surface area contributed by atoms with E-state index in [0.717, 1.165) is 24.3 Å². The summed E-state index contributed by atoms with van der Waals surface area (Å²) in [5.74, 6) is 5.94. The van der Waals surface area contributed by atoms with Gasteiger partial charge in [-0.1, -0.05) is 0 Å². The Balaban J connectivity index is 2.23. The van der Waals surface area contributed by atoms with Gasteiger partial charge in [0.25, 0.3) is 0 Å². The third kappa shape index (κ3) is 1.58. The van der Waals surface area contributed by atoms with Crippen molar-refractivity contribution in [3.63, 3.8) is 0 Å². The smallest absolute Gasteiger partial charge is 0.122 e. The van der Waals surface area contributed by atoms with Crippen molar-refractivity contribution < 1.29 is 9.57 Å². The van der Waals surface area contributed by atoms with Crippen molar-refractivity contribution in [3.8, 4) is 5.75 Å². The van der Waals surface area contributed by atoms with E-state index in [-0.39, 0.29) is 5.41 Å². The first kappa shape index (κ1) is 9.43. The maximum Gasteiger partial charge on any atom is 0.122 e. The van der Waals surface area contributed by atoms with Crippen LogP contribution in [0.3, 0.4) is 0 Å². The van der Waals surface area contributed by atoms with E-state index >= 15 is 0 Å². The Labute approximate surface area is 83.0 Å². The van der Waals surface area contributed by atoms with Crippen LogP contribution < -0.4 is 10.6 Å². The normalized spacial score (nSPS) is 17.9. The number of nitrogens with zero attached hydrogens (tertiary/aromatic N) is 1. The van der Waals surface area contributed by atoms with Crippen molar-refractivity contribution in [2.75, 3.05) is 13.7 Å². The first-order valence-corrected chi connectivity index (χ1v) is 4.63. The Bertz CT molecular complexity index is 324. The van der Waals surface area contributed by atoms with Crippen molar-refractivity contribution in [3.05, 3.63) is 24.0 Å². The number of methoxy groups -OCH3 is 1. The molecular formula is C10H14N2O2. The lowest BCUT2D eigenvalue weighted by molar-refractivity contribution is 0.115. The van der Waals surface area contributed by atoms with Crippen LogP contribution in [0.25, 0.3) is 0 Å². The molecule has 1 aromatic heterocycles. The molecule has 0 amide bonds. The van der Waals surface area contributed by atoms with Crippen LogP contribution in [-0.4, -0.2) is 18.7 Å². The molecule has 4 heteroatoms. The highest BCUT2D eigenvalue weighted by atomic mass is 16.6. The molecule has 0 unspecified atom stereocenters. The predicted octanol–water partition coefficient (Wildman–Crippen LogP) is 1.01. The lowest BCUT2D eigenvalue weighted by Crippen LogP contribution is -2.19. The average Bonchev–Trinajstić information content (AvgIpc) is 3.00. The molecule has 1 aliphatic rings. The quantitative estimate of drug-likeness (QED) is 0.727. The minimum Gasteiger partial charge on any atom is -0.497 e. The topological polar surface area (TPSA) is 57.4 Å². The highest BCUT2D eigenvalue weighted by Gasteiger charge is 2.46.